The van der Waals surface area contributed by atoms with Gasteiger partial charge in [0.15, 0.2) is 0 Å². The highest BCUT2D eigenvalue weighted by Gasteiger charge is 2.21. The van der Waals surface area contributed by atoms with E-state index in [4.69, 9.17) is 9.94 Å². The number of nitrogens with zero attached hydrogens (tertiary/aromatic N) is 1. The number of rotatable bonds is 3. The predicted molar refractivity (Wildman–Crippen MR) is 38.4 cm³/mol. The summed E-state index contributed by atoms with van der Waals surface area (Å²) in [5, 5.41) is 10.6. The summed E-state index contributed by atoms with van der Waals surface area (Å²) in [6.07, 6.45) is 2.08. The first-order chi connectivity index (χ1) is 4.86. The Hall–Kier alpha value is -0.120. The number of aliphatic hydroxyl groups is 1. The molecule has 0 saturated carbocycles. The Kier molecular flexibility index (Phi) is 3.12. The fourth-order valence-corrected chi connectivity index (χ4v) is 1.38. The lowest BCUT2D eigenvalue weighted by Crippen LogP contribution is -2.18. The Bertz CT molecular complexity index is 97.6. The van der Waals surface area contributed by atoms with Crippen LogP contribution in [0.15, 0.2) is 0 Å². The van der Waals surface area contributed by atoms with Gasteiger partial charge in [0.2, 0.25) is 0 Å². The second kappa shape index (κ2) is 3.91. The van der Waals surface area contributed by atoms with E-state index in [0.717, 1.165) is 25.9 Å². The van der Waals surface area contributed by atoms with Crippen LogP contribution in [0.3, 0.4) is 0 Å². The van der Waals surface area contributed by atoms with Crippen LogP contribution in [0.1, 0.15) is 12.8 Å². The molecular formula is C7H15NO2. The van der Waals surface area contributed by atoms with Gasteiger partial charge >= 0.3 is 0 Å². The van der Waals surface area contributed by atoms with Gasteiger partial charge in [0.25, 0.3) is 0 Å². The molecule has 1 atom stereocenters. The maximum Gasteiger partial charge on any atom is 0.0575 e. The van der Waals surface area contributed by atoms with Crippen molar-refractivity contribution >= 4 is 0 Å². The van der Waals surface area contributed by atoms with Gasteiger partial charge in [-0.2, -0.15) is 5.06 Å². The molecular weight excluding hydrogens is 130 g/mol. The molecule has 0 aromatic carbocycles. The first kappa shape index (κ1) is 7.98. The summed E-state index contributed by atoms with van der Waals surface area (Å²) in [5.41, 5.74) is 0. The van der Waals surface area contributed by atoms with Crippen molar-refractivity contribution in [2.45, 2.75) is 12.8 Å². The van der Waals surface area contributed by atoms with Gasteiger partial charge in [-0.1, -0.05) is 0 Å². The summed E-state index contributed by atoms with van der Waals surface area (Å²) >= 11 is 0. The zero-order valence-electron chi connectivity index (χ0n) is 6.42. The zero-order chi connectivity index (χ0) is 7.40. The van der Waals surface area contributed by atoms with Crippen LogP contribution in [0, 0.1) is 5.92 Å². The van der Waals surface area contributed by atoms with E-state index in [9.17, 15) is 0 Å². The standard InChI is InChI=1S/C7H15NO2/c1-10-8-4-2-7(6-8)3-5-9/h7,9H,2-6H2,1H3/t7-/m1/s1. The number of hydroxylamine groups is 2. The molecule has 0 amide bonds. The molecule has 0 radical (unpaired) electrons. The third kappa shape index (κ3) is 1.94. The van der Waals surface area contributed by atoms with E-state index in [1.54, 1.807) is 7.11 Å². The third-order valence-corrected chi connectivity index (χ3v) is 2.04. The first-order valence-corrected chi connectivity index (χ1v) is 3.76. The molecule has 3 heteroatoms. The number of hydrogen-bond acceptors (Lipinski definition) is 3. The Morgan fingerprint density at radius 2 is 2.50 bits per heavy atom. The van der Waals surface area contributed by atoms with Crippen LogP contribution >= 0.6 is 0 Å². The Labute approximate surface area is 61.5 Å². The van der Waals surface area contributed by atoms with Crippen LogP contribution < -0.4 is 0 Å². The lowest BCUT2D eigenvalue weighted by atomic mass is 10.1. The largest absolute Gasteiger partial charge is 0.396 e. The zero-order valence-corrected chi connectivity index (χ0v) is 6.42. The van der Waals surface area contributed by atoms with Crippen LogP contribution in [0.4, 0.5) is 0 Å². The van der Waals surface area contributed by atoms with E-state index < -0.39 is 0 Å². The highest BCUT2D eigenvalue weighted by atomic mass is 16.7. The fourth-order valence-electron chi connectivity index (χ4n) is 1.38. The van der Waals surface area contributed by atoms with Crippen molar-refractivity contribution in [3.8, 4) is 0 Å². The first-order valence-electron chi connectivity index (χ1n) is 3.76. The summed E-state index contributed by atoms with van der Waals surface area (Å²) in [6, 6.07) is 0. The quantitative estimate of drug-likeness (QED) is 0.618. The van der Waals surface area contributed by atoms with Crippen molar-refractivity contribution in [1.82, 2.24) is 5.06 Å². The summed E-state index contributed by atoms with van der Waals surface area (Å²) < 4.78 is 0. The summed E-state index contributed by atoms with van der Waals surface area (Å²) in [7, 11) is 1.70. The van der Waals surface area contributed by atoms with E-state index in [-0.39, 0.29) is 0 Å². The van der Waals surface area contributed by atoms with Gasteiger partial charge < -0.3 is 9.94 Å². The van der Waals surface area contributed by atoms with Gasteiger partial charge in [0.05, 0.1) is 7.11 Å². The fraction of sp³-hybridized carbons (Fsp3) is 1.00. The van der Waals surface area contributed by atoms with E-state index in [1.165, 1.54) is 0 Å². The van der Waals surface area contributed by atoms with Crippen molar-refractivity contribution in [2.24, 2.45) is 5.92 Å². The van der Waals surface area contributed by atoms with Crippen LogP contribution in [-0.2, 0) is 4.84 Å². The maximum absolute atomic E-state index is 8.63. The number of hydrogen-bond donors (Lipinski definition) is 1. The second-order valence-electron chi connectivity index (χ2n) is 2.74. The highest BCUT2D eigenvalue weighted by Crippen LogP contribution is 2.18. The van der Waals surface area contributed by atoms with Crippen LogP contribution in [0.25, 0.3) is 0 Å². The number of aliphatic hydroxyl groups excluding tert-OH is 1. The van der Waals surface area contributed by atoms with Crippen molar-refractivity contribution < 1.29 is 9.94 Å². The predicted octanol–water partition coefficient (Wildman–Crippen LogP) is 0.252. The molecule has 10 heavy (non-hydrogen) atoms. The molecule has 1 aliphatic heterocycles. The smallest absolute Gasteiger partial charge is 0.0575 e. The minimum atomic E-state index is 0.308. The Balaban J connectivity index is 2.15. The molecule has 1 fully saturated rings. The topological polar surface area (TPSA) is 32.7 Å². The molecule has 0 aromatic rings. The van der Waals surface area contributed by atoms with Gasteiger partial charge in [-0.15, -0.1) is 0 Å². The molecule has 1 N–H and O–H groups in total. The molecule has 1 aliphatic rings. The SMILES string of the molecule is CON1CC[C@H](CCO)C1. The van der Waals surface area contributed by atoms with Crippen molar-refractivity contribution in [1.29, 1.82) is 0 Å². The lowest BCUT2D eigenvalue weighted by Gasteiger charge is -2.11. The molecule has 0 spiro atoms. The molecule has 60 valence electrons. The van der Waals surface area contributed by atoms with Gasteiger partial charge in [0.1, 0.15) is 0 Å². The Morgan fingerprint density at radius 3 is 3.00 bits per heavy atom. The molecule has 3 nitrogen and oxygen atoms in total. The van der Waals surface area contributed by atoms with E-state index >= 15 is 0 Å². The van der Waals surface area contributed by atoms with Crippen LogP contribution in [0.2, 0.25) is 0 Å². The van der Waals surface area contributed by atoms with E-state index in [2.05, 4.69) is 0 Å². The van der Waals surface area contributed by atoms with Crippen molar-refractivity contribution in [2.75, 3.05) is 26.8 Å². The molecule has 0 aliphatic carbocycles. The average Bonchev–Trinajstić information content (AvgIpc) is 2.37. The molecule has 0 unspecified atom stereocenters. The van der Waals surface area contributed by atoms with Gasteiger partial charge in [-0.3, -0.25) is 0 Å². The Morgan fingerprint density at radius 1 is 1.70 bits per heavy atom. The molecule has 1 rings (SSSR count). The molecule has 0 aromatic heterocycles. The normalized spacial score (nSPS) is 27.6. The van der Waals surface area contributed by atoms with Crippen LogP contribution in [0.5, 0.6) is 0 Å². The maximum atomic E-state index is 8.63. The lowest BCUT2D eigenvalue weighted by molar-refractivity contribution is -0.115. The van der Waals surface area contributed by atoms with E-state index in [0.29, 0.717) is 12.5 Å². The van der Waals surface area contributed by atoms with Gasteiger partial charge in [0, 0.05) is 19.7 Å². The monoisotopic (exact) mass is 145 g/mol. The van der Waals surface area contributed by atoms with E-state index in [1.807, 2.05) is 5.06 Å². The minimum Gasteiger partial charge on any atom is -0.396 e. The van der Waals surface area contributed by atoms with Crippen LogP contribution in [-0.4, -0.2) is 37.0 Å². The summed E-state index contributed by atoms with van der Waals surface area (Å²) in [5.74, 6) is 0.643. The summed E-state index contributed by atoms with van der Waals surface area (Å²) in [4.78, 5) is 5.04. The minimum absolute atomic E-state index is 0.308. The van der Waals surface area contributed by atoms with Gasteiger partial charge in [-0.05, 0) is 18.8 Å². The van der Waals surface area contributed by atoms with Crippen molar-refractivity contribution in [3.63, 3.8) is 0 Å². The third-order valence-electron chi connectivity index (χ3n) is 2.04. The van der Waals surface area contributed by atoms with Gasteiger partial charge in [-0.25, -0.2) is 0 Å². The van der Waals surface area contributed by atoms with Crippen molar-refractivity contribution in [3.05, 3.63) is 0 Å². The average molecular weight is 145 g/mol. The second-order valence-corrected chi connectivity index (χ2v) is 2.74. The molecule has 1 saturated heterocycles. The summed E-state index contributed by atoms with van der Waals surface area (Å²) in [6.45, 7) is 2.31. The molecule has 1 heterocycles. The molecule has 0 bridgehead atoms. The highest BCUT2D eigenvalue weighted by molar-refractivity contribution is 4.69.